The van der Waals surface area contributed by atoms with Gasteiger partial charge in [-0.1, -0.05) is 83.1 Å². The first-order valence-electron chi connectivity index (χ1n) is 18.7. The molecule has 2 saturated heterocycles. The van der Waals surface area contributed by atoms with Crippen LogP contribution in [0, 0.1) is 17.8 Å². The van der Waals surface area contributed by atoms with Crippen LogP contribution in [0.25, 0.3) is 33.6 Å². The molecule has 4 heterocycles. The number of rotatable bonds is 14. The van der Waals surface area contributed by atoms with Crippen LogP contribution in [0.3, 0.4) is 0 Å². The van der Waals surface area contributed by atoms with E-state index in [4.69, 9.17) is 14.8 Å². The number of benzene rings is 2. The molecule has 0 aliphatic carbocycles. The number of nitrogens with one attached hydrogen (secondary N) is 5. The summed E-state index contributed by atoms with van der Waals surface area (Å²) in [5, 5.41) is 2.72. The van der Waals surface area contributed by atoms with Crippen molar-refractivity contribution in [3.8, 4) is 33.6 Å². The van der Waals surface area contributed by atoms with Gasteiger partial charge < -0.3 is 25.1 Å². The number of aromatic amines is 2. The number of nitrogens with zero attached hydrogens (tertiary/aromatic N) is 4. The highest BCUT2D eigenvalue weighted by Crippen LogP contribution is 2.38. The van der Waals surface area contributed by atoms with E-state index in [2.05, 4.69) is 88.7 Å². The van der Waals surface area contributed by atoms with E-state index in [-0.39, 0.29) is 41.8 Å². The van der Waals surface area contributed by atoms with Crippen LogP contribution < -0.4 is 16.3 Å². The lowest BCUT2D eigenvalue weighted by molar-refractivity contribution is -0.139. The first kappa shape index (κ1) is 37.9. The summed E-state index contributed by atoms with van der Waals surface area (Å²) in [5.74, 6) is 1.89. The molecule has 13 heteroatoms. The fourth-order valence-corrected chi connectivity index (χ4v) is 7.76. The molecule has 0 bridgehead atoms. The second-order valence-corrected chi connectivity index (χ2v) is 15.2. The third kappa shape index (κ3) is 8.07. The second-order valence-electron chi connectivity index (χ2n) is 15.2. The lowest BCUT2D eigenvalue weighted by Gasteiger charge is -2.32. The van der Waals surface area contributed by atoms with Gasteiger partial charge in [0, 0.05) is 12.6 Å². The molecule has 0 spiro atoms. The lowest BCUT2D eigenvalue weighted by atomic mass is 10.0. The molecule has 5 N–H and O–H groups in total. The molecule has 282 valence electrons. The highest BCUT2D eigenvalue weighted by molar-refractivity contribution is 5.85. The number of carbonyl (C=O) groups excluding carboxylic acids is 3. The minimum absolute atomic E-state index is 0.0201. The van der Waals surface area contributed by atoms with Crippen LogP contribution in [0.4, 0.5) is 0 Å². The summed E-state index contributed by atoms with van der Waals surface area (Å²) in [6, 6.07) is 15.5. The molecule has 4 aromatic rings. The summed E-state index contributed by atoms with van der Waals surface area (Å²) in [6.07, 6.45) is 6.80. The van der Waals surface area contributed by atoms with E-state index in [0.29, 0.717) is 18.9 Å². The molecule has 3 amide bonds. The average molecular weight is 724 g/mol. The second kappa shape index (κ2) is 16.4. The Morgan fingerprint density at radius 3 is 1.83 bits per heavy atom. The Morgan fingerprint density at radius 1 is 0.792 bits per heavy atom. The van der Waals surface area contributed by atoms with Crippen LogP contribution in [0.5, 0.6) is 0 Å². The number of likely N-dealkylation sites (tertiary alicyclic amines) is 2. The van der Waals surface area contributed by atoms with Crippen molar-refractivity contribution in [1.82, 2.24) is 46.1 Å². The van der Waals surface area contributed by atoms with Crippen LogP contribution in [0.15, 0.2) is 60.9 Å². The molecule has 6 rings (SSSR count). The normalized spacial score (nSPS) is 21.4. The molecular formula is C40H53N9O4. The average Bonchev–Trinajstić information content (AvgIpc) is 3.97. The molecule has 2 aromatic heterocycles. The Hall–Kier alpha value is -4.85. The maximum absolute atomic E-state index is 13.6. The number of hydrogen-bond donors (Lipinski definition) is 5. The van der Waals surface area contributed by atoms with Gasteiger partial charge in [0.15, 0.2) is 0 Å². The van der Waals surface area contributed by atoms with Gasteiger partial charge >= 0.3 is 0 Å². The van der Waals surface area contributed by atoms with Gasteiger partial charge in [0.05, 0.1) is 43.0 Å². The van der Waals surface area contributed by atoms with Crippen LogP contribution >= 0.6 is 0 Å². The number of hydrazine groups is 1. The predicted molar refractivity (Wildman–Crippen MR) is 203 cm³/mol. The Kier molecular flexibility index (Phi) is 11.8. The van der Waals surface area contributed by atoms with Crippen LogP contribution in [-0.4, -0.2) is 79.7 Å². The molecule has 2 aliphatic heterocycles. The molecule has 6 atom stereocenters. The summed E-state index contributed by atoms with van der Waals surface area (Å²) in [5.41, 5.74) is 11.6. The van der Waals surface area contributed by atoms with Gasteiger partial charge in [-0.15, -0.1) is 5.59 Å². The van der Waals surface area contributed by atoms with E-state index >= 15 is 0 Å². The summed E-state index contributed by atoms with van der Waals surface area (Å²) in [7, 11) is 1.51. The summed E-state index contributed by atoms with van der Waals surface area (Å²) >= 11 is 0. The van der Waals surface area contributed by atoms with E-state index in [1.54, 1.807) is 0 Å². The Morgan fingerprint density at radius 2 is 1.32 bits per heavy atom. The molecule has 0 radical (unpaired) electrons. The molecule has 13 nitrogen and oxygen atoms in total. The summed E-state index contributed by atoms with van der Waals surface area (Å²) < 4.78 is 0. The van der Waals surface area contributed by atoms with Gasteiger partial charge in [-0.3, -0.25) is 19.2 Å². The molecule has 2 fully saturated rings. The quantitative estimate of drug-likeness (QED) is 0.0837. The van der Waals surface area contributed by atoms with E-state index in [0.717, 1.165) is 64.6 Å². The third-order valence-electron chi connectivity index (χ3n) is 10.7. The number of imidazole rings is 2. The number of carbonyl (C=O) groups is 3. The zero-order valence-corrected chi connectivity index (χ0v) is 31.7. The maximum atomic E-state index is 13.6. The van der Waals surface area contributed by atoms with Crippen LogP contribution in [0.2, 0.25) is 0 Å². The highest BCUT2D eigenvalue weighted by atomic mass is 16.7. The fraction of sp³-hybridized carbons (Fsp3) is 0.475. The molecule has 0 saturated carbocycles. The van der Waals surface area contributed by atoms with Gasteiger partial charge in [-0.05, 0) is 66.2 Å². The topological polar surface area (TPSA) is 160 Å². The predicted octanol–water partition coefficient (Wildman–Crippen LogP) is 5.55. The standard InChI is InChI=1S/C40H53N9O4/c1-23(2)35(43-22-50)40(52)49-26(6)8-17-33(49)37-41-19-31(44-37)29-13-9-27(10-14-29)28-11-15-30(16-12-28)32-20-42-38(45-32)34-18-25(5)21-48(34)39(51)36(24(3)4)46-47-53-7/h9-16,19-20,22-26,33-36,46-47H,8,17-18,21H2,1-7H3,(H,41,44)(H,42,45)(H,43,50). The van der Waals surface area contributed by atoms with Crippen molar-refractivity contribution in [2.75, 3.05) is 13.7 Å². The first-order valence-corrected chi connectivity index (χ1v) is 18.7. The van der Waals surface area contributed by atoms with Crippen LogP contribution in [-0.2, 0) is 19.2 Å². The minimum Gasteiger partial charge on any atom is -0.347 e. The van der Waals surface area contributed by atoms with Gasteiger partial charge in [0.2, 0.25) is 18.2 Å². The minimum atomic E-state index is -0.572. The summed E-state index contributed by atoms with van der Waals surface area (Å²) in [4.78, 5) is 63.6. The van der Waals surface area contributed by atoms with Gasteiger partial charge in [-0.25, -0.2) is 15.4 Å². The smallest absolute Gasteiger partial charge is 0.246 e. The van der Waals surface area contributed by atoms with Gasteiger partial charge in [0.1, 0.15) is 23.7 Å². The molecule has 53 heavy (non-hydrogen) atoms. The van der Waals surface area contributed by atoms with Crippen molar-refractivity contribution in [2.45, 2.75) is 91.0 Å². The molecule has 6 unspecified atom stereocenters. The molecule has 2 aliphatic rings. The monoisotopic (exact) mass is 723 g/mol. The third-order valence-corrected chi connectivity index (χ3v) is 10.7. The number of H-pyrrole nitrogens is 2. The van der Waals surface area contributed by atoms with Crippen molar-refractivity contribution in [2.24, 2.45) is 17.8 Å². The van der Waals surface area contributed by atoms with Crippen molar-refractivity contribution in [1.29, 1.82) is 0 Å². The van der Waals surface area contributed by atoms with Crippen molar-refractivity contribution >= 4 is 18.2 Å². The SMILES string of the molecule is CONNC(C(=O)N1CC(C)CC1c1ncc(-c2ccc(-c3ccc(-c4cnc(C5CCC(C)N5C(=O)C(NC=O)C(C)C)[nH]4)cc3)cc2)[nH]1)C(C)C. The zero-order chi connectivity index (χ0) is 37.8. The number of aromatic nitrogens is 4. The lowest BCUT2D eigenvalue weighted by Crippen LogP contribution is -2.53. The van der Waals surface area contributed by atoms with E-state index in [1.807, 2.05) is 49.9 Å². The summed E-state index contributed by atoms with van der Waals surface area (Å²) in [6.45, 7) is 12.8. The van der Waals surface area contributed by atoms with Crippen molar-refractivity contribution in [3.05, 3.63) is 72.6 Å². The van der Waals surface area contributed by atoms with Gasteiger partial charge in [0.25, 0.3) is 0 Å². The number of amides is 3. The maximum Gasteiger partial charge on any atom is 0.246 e. The first-order chi connectivity index (χ1) is 25.5. The van der Waals surface area contributed by atoms with E-state index in [1.165, 1.54) is 7.11 Å². The van der Waals surface area contributed by atoms with Gasteiger partial charge in [-0.2, -0.15) is 0 Å². The Bertz CT molecular complexity index is 1850. The highest BCUT2D eigenvalue weighted by Gasteiger charge is 2.41. The Labute approximate surface area is 311 Å². The van der Waals surface area contributed by atoms with Crippen molar-refractivity contribution in [3.63, 3.8) is 0 Å². The van der Waals surface area contributed by atoms with E-state index in [9.17, 15) is 14.4 Å². The van der Waals surface area contributed by atoms with Crippen molar-refractivity contribution < 1.29 is 19.2 Å². The molecule has 2 aromatic carbocycles. The fourth-order valence-electron chi connectivity index (χ4n) is 7.76. The zero-order valence-electron chi connectivity index (χ0n) is 31.7. The van der Waals surface area contributed by atoms with E-state index < -0.39 is 12.1 Å². The largest absolute Gasteiger partial charge is 0.347 e. The Balaban J connectivity index is 1.13. The van der Waals surface area contributed by atoms with Crippen LogP contribution in [0.1, 0.15) is 84.5 Å². The molecular weight excluding hydrogens is 670 g/mol. The number of hydrogen-bond acceptors (Lipinski definition) is 8.